The van der Waals surface area contributed by atoms with Crippen LogP contribution in [0.3, 0.4) is 0 Å². The minimum atomic E-state index is 0.0166. The fourth-order valence-corrected chi connectivity index (χ4v) is 2.64. The number of hydrogen-bond donors (Lipinski definition) is 2. The van der Waals surface area contributed by atoms with E-state index in [1.54, 1.807) is 19.1 Å². The first-order chi connectivity index (χ1) is 9.13. The van der Waals surface area contributed by atoms with Crippen molar-refractivity contribution in [3.8, 4) is 5.75 Å². The number of nitrogens with zero attached hydrogens (tertiary/aromatic N) is 1. The fraction of sp³-hybridized carbons (Fsp3) is 0.533. The van der Waals surface area contributed by atoms with Gasteiger partial charge in [-0.25, -0.2) is 0 Å². The molecule has 0 aliphatic carbocycles. The summed E-state index contributed by atoms with van der Waals surface area (Å²) < 4.78 is 0. The highest BCUT2D eigenvalue weighted by atomic mass is 16.3. The molecule has 104 valence electrons. The predicted octanol–water partition coefficient (Wildman–Crippen LogP) is 1.54. The number of nitrogens with one attached hydrogen (secondary N) is 1. The SMILES string of the molecule is CC(=O)N[C@@H](Cc1ccc(O)cc1)CN1CCCC1. The Bertz CT molecular complexity index is 411. The smallest absolute Gasteiger partial charge is 0.217 e. The predicted molar refractivity (Wildman–Crippen MR) is 75.1 cm³/mol. The first kappa shape index (κ1) is 13.9. The summed E-state index contributed by atoms with van der Waals surface area (Å²) in [6.07, 6.45) is 3.31. The van der Waals surface area contributed by atoms with Crippen molar-refractivity contribution in [1.29, 1.82) is 0 Å². The molecule has 19 heavy (non-hydrogen) atoms. The summed E-state index contributed by atoms with van der Waals surface area (Å²) in [6.45, 7) is 4.73. The summed E-state index contributed by atoms with van der Waals surface area (Å²) in [6, 6.07) is 7.34. The number of carbonyl (C=O) groups excluding carboxylic acids is 1. The first-order valence-corrected chi connectivity index (χ1v) is 6.91. The molecule has 1 saturated heterocycles. The molecular weight excluding hydrogens is 240 g/mol. The summed E-state index contributed by atoms with van der Waals surface area (Å²) in [7, 11) is 0. The molecule has 0 bridgehead atoms. The second kappa shape index (κ2) is 6.57. The lowest BCUT2D eigenvalue weighted by molar-refractivity contribution is -0.119. The van der Waals surface area contributed by atoms with Crippen molar-refractivity contribution < 1.29 is 9.90 Å². The van der Waals surface area contributed by atoms with Crippen LogP contribution in [0, 0.1) is 0 Å². The molecule has 0 spiro atoms. The Labute approximate surface area is 114 Å². The molecule has 1 heterocycles. The average molecular weight is 262 g/mol. The van der Waals surface area contributed by atoms with Gasteiger partial charge in [0.25, 0.3) is 0 Å². The molecule has 0 saturated carbocycles. The molecule has 4 heteroatoms. The van der Waals surface area contributed by atoms with E-state index < -0.39 is 0 Å². The molecule has 0 aromatic heterocycles. The molecule has 1 amide bonds. The van der Waals surface area contributed by atoms with Gasteiger partial charge in [0.15, 0.2) is 0 Å². The minimum Gasteiger partial charge on any atom is -0.508 e. The zero-order chi connectivity index (χ0) is 13.7. The maximum atomic E-state index is 11.3. The van der Waals surface area contributed by atoms with Gasteiger partial charge in [0.1, 0.15) is 5.75 Å². The van der Waals surface area contributed by atoms with E-state index in [0.29, 0.717) is 0 Å². The van der Waals surface area contributed by atoms with Crippen LogP contribution in [-0.2, 0) is 11.2 Å². The molecule has 1 aliphatic rings. The van der Waals surface area contributed by atoms with Crippen LogP contribution < -0.4 is 5.32 Å². The molecule has 0 radical (unpaired) electrons. The van der Waals surface area contributed by atoms with E-state index in [0.717, 1.165) is 31.6 Å². The van der Waals surface area contributed by atoms with E-state index in [1.165, 1.54) is 12.8 Å². The van der Waals surface area contributed by atoms with Crippen LogP contribution in [-0.4, -0.2) is 41.6 Å². The number of benzene rings is 1. The molecule has 1 atom stereocenters. The second-order valence-electron chi connectivity index (χ2n) is 5.28. The molecule has 2 N–H and O–H groups in total. The molecular formula is C15H22N2O2. The number of aromatic hydroxyl groups is 1. The number of phenolic OH excluding ortho intramolecular Hbond substituents is 1. The van der Waals surface area contributed by atoms with Crippen molar-refractivity contribution in [2.24, 2.45) is 0 Å². The zero-order valence-corrected chi connectivity index (χ0v) is 11.4. The van der Waals surface area contributed by atoms with Crippen LogP contribution >= 0.6 is 0 Å². The maximum absolute atomic E-state index is 11.3. The van der Waals surface area contributed by atoms with Crippen molar-refractivity contribution in [3.63, 3.8) is 0 Å². The van der Waals surface area contributed by atoms with Gasteiger partial charge in [-0.05, 0) is 50.0 Å². The number of likely N-dealkylation sites (tertiary alicyclic amines) is 1. The molecule has 1 aliphatic heterocycles. The zero-order valence-electron chi connectivity index (χ0n) is 11.4. The number of amides is 1. The van der Waals surface area contributed by atoms with E-state index in [2.05, 4.69) is 10.2 Å². The molecule has 2 rings (SSSR count). The second-order valence-corrected chi connectivity index (χ2v) is 5.28. The van der Waals surface area contributed by atoms with Crippen molar-refractivity contribution in [3.05, 3.63) is 29.8 Å². The normalized spacial score (nSPS) is 17.3. The Morgan fingerprint density at radius 1 is 1.32 bits per heavy atom. The molecule has 1 aromatic rings. The van der Waals surface area contributed by atoms with E-state index in [4.69, 9.17) is 0 Å². The number of rotatable bonds is 5. The molecule has 1 fully saturated rings. The van der Waals surface area contributed by atoms with Crippen molar-refractivity contribution >= 4 is 5.91 Å². The van der Waals surface area contributed by atoms with Crippen molar-refractivity contribution in [2.75, 3.05) is 19.6 Å². The van der Waals surface area contributed by atoms with Gasteiger partial charge in [-0.2, -0.15) is 0 Å². The summed E-state index contributed by atoms with van der Waals surface area (Å²) in [4.78, 5) is 13.7. The average Bonchev–Trinajstić information content (AvgIpc) is 2.84. The van der Waals surface area contributed by atoms with E-state index >= 15 is 0 Å². The van der Waals surface area contributed by atoms with Gasteiger partial charge >= 0.3 is 0 Å². The maximum Gasteiger partial charge on any atom is 0.217 e. The summed E-state index contributed by atoms with van der Waals surface area (Å²) >= 11 is 0. The lowest BCUT2D eigenvalue weighted by Crippen LogP contribution is -2.43. The number of hydrogen-bond acceptors (Lipinski definition) is 3. The Kier molecular flexibility index (Phi) is 4.80. The lowest BCUT2D eigenvalue weighted by Gasteiger charge is -2.24. The van der Waals surface area contributed by atoms with E-state index in [9.17, 15) is 9.90 Å². The van der Waals surface area contributed by atoms with Gasteiger partial charge in [-0.1, -0.05) is 12.1 Å². The number of phenols is 1. The van der Waals surface area contributed by atoms with E-state index in [-0.39, 0.29) is 17.7 Å². The Balaban J connectivity index is 1.95. The van der Waals surface area contributed by atoms with Crippen LogP contribution in [0.15, 0.2) is 24.3 Å². The van der Waals surface area contributed by atoms with Gasteiger partial charge in [0.2, 0.25) is 5.91 Å². The van der Waals surface area contributed by atoms with Crippen LogP contribution in [0.1, 0.15) is 25.3 Å². The Morgan fingerprint density at radius 2 is 1.95 bits per heavy atom. The van der Waals surface area contributed by atoms with Gasteiger partial charge in [-0.15, -0.1) is 0 Å². The van der Waals surface area contributed by atoms with Crippen LogP contribution in [0.5, 0.6) is 5.75 Å². The van der Waals surface area contributed by atoms with Gasteiger partial charge in [0.05, 0.1) is 0 Å². The monoisotopic (exact) mass is 262 g/mol. The lowest BCUT2D eigenvalue weighted by atomic mass is 10.1. The number of carbonyl (C=O) groups is 1. The van der Waals surface area contributed by atoms with Crippen molar-refractivity contribution in [2.45, 2.75) is 32.2 Å². The third kappa shape index (κ3) is 4.56. The topological polar surface area (TPSA) is 52.6 Å². The van der Waals surface area contributed by atoms with Gasteiger partial charge in [-0.3, -0.25) is 4.79 Å². The fourth-order valence-electron chi connectivity index (χ4n) is 2.64. The van der Waals surface area contributed by atoms with Gasteiger partial charge in [0, 0.05) is 19.5 Å². The van der Waals surface area contributed by atoms with E-state index in [1.807, 2.05) is 12.1 Å². The van der Waals surface area contributed by atoms with Crippen LogP contribution in [0.2, 0.25) is 0 Å². The quantitative estimate of drug-likeness (QED) is 0.846. The standard InChI is InChI=1S/C15H22N2O2/c1-12(18)16-14(11-17-8-2-3-9-17)10-13-4-6-15(19)7-5-13/h4-7,14,19H,2-3,8-11H2,1H3,(H,16,18)/t14-/m0/s1. The van der Waals surface area contributed by atoms with Crippen molar-refractivity contribution in [1.82, 2.24) is 10.2 Å². The Hall–Kier alpha value is -1.55. The van der Waals surface area contributed by atoms with Crippen LogP contribution in [0.25, 0.3) is 0 Å². The third-order valence-electron chi connectivity index (χ3n) is 3.50. The highest BCUT2D eigenvalue weighted by Gasteiger charge is 2.18. The van der Waals surface area contributed by atoms with Crippen LogP contribution in [0.4, 0.5) is 0 Å². The molecule has 0 unspecified atom stereocenters. The van der Waals surface area contributed by atoms with Gasteiger partial charge < -0.3 is 15.3 Å². The summed E-state index contributed by atoms with van der Waals surface area (Å²) in [5, 5.41) is 12.3. The first-order valence-electron chi connectivity index (χ1n) is 6.91. The Morgan fingerprint density at radius 3 is 2.53 bits per heavy atom. The molecule has 4 nitrogen and oxygen atoms in total. The largest absolute Gasteiger partial charge is 0.508 e. The summed E-state index contributed by atoms with van der Waals surface area (Å²) in [5.74, 6) is 0.294. The molecule has 1 aromatic carbocycles. The highest BCUT2D eigenvalue weighted by Crippen LogP contribution is 2.13. The highest BCUT2D eigenvalue weighted by molar-refractivity contribution is 5.73. The third-order valence-corrected chi connectivity index (χ3v) is 3.50. The minimum absolute atomic E-state index is 0.0166. The summed E-state index contributed by atoms with van der Waals surface area (Å²) in [5.41, 5.74) is 1.13.